The summed E-state index contributed by atoms with van der Waals surface area (Å²) in [6.07, 6.45) is 0. The average molecular weight is 624 g/mol. The zero-order valence-electron chi connectivity index (χ0n) is 26.6. The highest BCUT2D eigenvalue weighted by molar-refractivity contribution is 6.36. The summed E-state index contributed by atoms with van der Waals surface area (Å²) >= 11 is 0. The van der Waals surface area contributed by atoms with E-state index < -0.39 is 0 Å². The lowest BCUT2D eigenvalue weighted by atomic mass is 9.93. The van der Waals surface area contributed by atoms with Crippen LogP contribution in [0.25, 0.3) is 93.7 Å². The molecular weight excluding hydrogens is 595 g/mol. The molecule has 10 aromatic rings. The Bertz CT molecular complexity index is 2790. The van der Waals surface area contributed by atoms with Crippen LogP contribution in [0.2, 0.25) is 0 Å². The van der Waals surface area contributed by atoms with E-state index in [0.29, 0.717) is 5.82 Å². The molecule has 0 fully saturated rings. The van der Waals surface area contributed by atoms with Gasteiger partial charge in [0.05, 0.1) is 22.4 Å². The molecule has 3 nitrogen and oxygen atoms in total. The Labute approximate surface area is 283 Å². The van der Waals surface area contributed by atoms with Crippen LogP contribution >= 0.6 is 0 Å². The quantitative estimate of drug-likeness (QED) is 0.183. The van der Waals surface area contributed by atoms with Gasteiger partial charge in [0.15, 0.2) is 5.82 Å². The van der Waals surface area contributed by atoms with Crippen LogP contribution in [0.5, 0.6) is 0 Å². The molecule has 0 aliphatic rings. The fourth-order valence-corrected chi connectivity index (χ4v) is 7.56. The van der Waals surface area contributed by atoms with Crippen LogP contribution in [0.1, 0.15) is 0 Å². The summed E-state index contributed by atoms with van der Waals surface area (Å²) < 4.78 is 2.45. The molecule has 0 saturated carbocycles. The first-order valence-corrected chi connectivity index (χ1v) is 16.7. The standard InChI is InChI=1S/C46H29N3/c1-3-14-31(15-4-1)40-29-41(48-46(47-40)33-16-5-2-6-17-33)32-23-26-34(27-24-32)49-42-22-12-11-21-39(42)44-43-35-18-8-7-13-30(35)25-28-37(43)36-19-9-10-20-38(36)45(44)49/h1-29H. The van der Waals surface area contributed by atoms with E-state index in [-0.39, 0.29) is 0 Å². The van der Waals surface area contributed by atoms with Crippen LogP contribution in [0.15, 0.2) is 176 Å². The van der Waals surface area contributed by atoms with Gasteiger partial charge in [-0.1, -0.05) is 152 Å². The highest BCUT2D eigenvalue weighted by atomic mass is 15.0. The van der Waals surface area contributed by atoms with Crippen LogP contribution < -0.4 is 0 Å². The van der Waals surface area contributed by atoms with Gasteiger partial charge in [-0.15, -0.1) is 0 Å². The van der Waals surface area contributed by atoms with Crippen molar-refractivity contribution in [1.29, 1.82) is 0 Å². The smallest absolute Gasteiger partial charge is 0.160 e. The van der Waals surface area contributed by atoms with Crippen molar-refractivity contribution in [2.75, 3.05) is 0 Å². The molecule has 0 bridgehead atoms. The summed E-state index contributed by atoms with van der Waals surface area (Å²) in [7, 11) is 0. The van der Waals surface area contributed by atoms with E-state index in [1.165, 1.54) is 54.1 Å². The van der Waals surface area contributed by atoms with Crippen LogP contribution in [-0.2, 0) is 0 Å². The minimum absolute atomic E-state index is 0.717. The maximum absolute atomic E-state index is 5.08. The second-order valence-corrected chi connectivity index (χ2v) is 12.6. The molecule has 0 amide bonds. The third kappa shape index (κ3) is 4.37. The van der Waals surface area contributed by atoms with E-state index in [1.807, 2.05) is 24.3 Å². The van der Waals surface area contributed by atoms with Crippen molar-refractivity contribution in [3.05, 3.63) is 176 Å². The maximum atomic E-state index is 5.08. The molecule has 2 heterocycles. The van der Waals surface area contributed by atoms with Gasteiger partial charge in [-0.3, -0.25) is 0 Å². The van der Waals surface area contributed by atoms with E-state index >= 15 is 0 Å². The van der Waals surface area contributed by atoms with Crippen molar-refractivity contribution < 1.29 is 0 Å². The molecule has 0 unspecified atom stereocenters. The highest BCUT2D eigenvalue weighted by Gasteiger charge is 2.20. The largest absolute Gasteiger partial charge is 0.309 e. The van der Waals surface area contributed by atoms with Crippen molar-refractivity contribution >= 4 is 54.1 Å². The first kappa shape index (κ1) is 27.5. The van der Waals surface area contributed by atoms with Crippen LogP contribution in [0.3, 0.4) is 0 Å². The van der Waals surface area contributed by atoms with E-state index in [9.17, 15) is 0 Å². The second-order valence-electron chi connectivity index (χ2n) is 12.6. The van der Waals surface area contributed by atoms with Gasteiger partial charge in [0, 0.05) is 43.9 Å². The van der Waals surface area contributed by atoms with Gasteiger partial charge in [0.2, 0.25) is 0 Å². The topological polar surface area (TPSA) is 30.7 Å². The normalized spacial score (nSPS) is 11.7. The fraction of sp³-hybridized carbons (Fsp3) is 0. The lowest BCUT2D eigenvalue weighted by Gasteiger charge is -2.14. The summed E-state index contributed by atoms with van der Waals surface area (Å²) in [5.74, 6) is 0.717. The number of nitrogens with zero attached hydrogens (tertiary/aromatic N) is 3. The summed E-state index contributed by atoms with van der Waals surface area (Å²) in [6.45, 7) is 0. The van der Waals surface area contributed by atoms with Crippen LogP contribution in [-0.4, -0.2) is 14.5 Å². The second kappa shape index (κ2) is 11.0. The summed E-state index contributed by atoms with van der Waals surface area (Å²) in [5.41, 5.74) is 8.43. The van der Waals surface area contributed by atoms with E-state index in [2.05, 4.69) is 156 Å². The number of rotatable bonds is 4. The van der Waals surface area contributed by atoms with Gasteiger partial charge in [0.1, 0.15) is 0 Å². The zero-order valence-corrected chi connectivity index (χ0v) is 26.6. The summed E-state index contributed by atoms with van der Waals surface area (Å²) in [5, 5.41) is 10.2. The molecule has 49 heavy (non-hydrogen) atoms. The summed E-state index contributed by atoms with van der Waals surface area (Å²) in [4.78, 5) is 10.1. The molecule has 8 aromatic carbocycles. The molecule has 10 rings (SSSR count). The SMILES string of the molecule is c1ccc(-c2cc(-c3ccc(-n4c5ccccc5c5c6c7ccccc7ccc6c6ccccc6c54)cc3)nc(-c3ccccc3)n2)cc1. The van der Waals surface area contributed by atoms with Gasteiger partial charge in [0.25, 0.3) is 0 Å². The average Bonchev–Trinajstić information content (AvgIpc) is 3.54. The van der Waals surface area contributed by atoms with E-state index in [1.54, 1.807) is 0 Å². The molecule has 0 spiro atoms. The van der Waals surface area contributed by atoms with Gasteiger partial charge in [-0.25, -0.2) is 9.97 Å². The Hall–Kier alpha value is -6.58. The Kier molecular flexibility index (Phi) is 6.18. The molecule has 0 saturated heterocycles. The van der Waals surface area contributed by atoms with Gasteiger partial charge in [-0.05, 0) is 45.8 Å². The Morgan fingerprint density at radius 3 is 1.67 bits per heavy atom. The number of para-hydroxylation sites is 1. The lowest BCUT2D eigenvalue weighted by molar-refractivity contribution is 1.17. The molecule has 0 atom stereocenters. The minimum atomic E-state index is 0.717. The predicted molar refractivity (Wildman–Crippen MR) is 205 cm³/mol. The Morgan fingerprint density at radius 2 is 0.939 bits per heavy atom. The minimum Gasteiger partial charge on any atom is -0.309 e. The van der Waals surface area contributed by atoms with Gasteiger partial charge < -0.3 is 4.57 Å². The van der Waals surface area contributed by atoms with Crippen molar-refractivity contribution in [3.63, 3.8) is 0 Å². The summed E-state index contributed by atoms with van der Waals surface area (Å²) in [6, 6.07) is 62.5. The molecule has 0 radical (unpaired) electrons. The highest BCUT2D eigenvalue weighted by Crippen LogP contribution is 2.44. The number of aromatic nitrogens is 3. The van der Waals surface area contributed by atoms with Crippen molar-refractivity contribution in [2.24, 2.45) is 0 Å². The number of benzene rings is 8. The Morgan fingerprint density at radius 1 is 0.367 bits per heavy atom. The Balaban J connectivity index is 1.22. The van der Waals surface area contributed by atoms with Crippen molar-refractivity contribution in [1.82, 2.24) is 14.5 Å². The molecule has 0 aliphatic carbocycles. The molecule has 228 valence electrons. The lowest BCUT2D eigenvalue weighted by Crippen LogP contribution is -1.97. The third-order valence-electron chi connectivity index (χ3n) is 9.78. The third-order valence-corrected chi connectivity index (χ3v) is 9.78. The first-order valence-electron chi connectivity index (χ1n) is 16.7. The number of hydrogen-bond donors (Lipinski definition) is 0. The van der Waals surface area contributed by atoms with Crippen molar-refractivity contribution in [3.8, 4) is 39.6 Å². The molecule has 0 aliphatic heterocycles. The van der Waals surface area contributed by atoms with Crippen molar-refractivity contribution in [2.45, 2.75) is 0 Å². The van der Waals surface area contributed by atoms with Gasteiger partial charge >= 0.3 is 0 Å². The van der Waals surface area contributed by atoms with Gasteiger partial charge in [-0.2, -0.15) is 0 Å². The first-order chi connectivity index (χ1) is 24.3. The molecule has 3 heteroatoms. The molecular formula is C46H29N3. The number of fused-ring (bicyclic) bond motifs is 10. The monoisotopic (exact) mass is 623 g/mol. The zero-order chi connectivity index (χ0) is 32.3. The fourth-order valence-electron chi connectivity index (χ4n) is 7.56. The van der Waals surface area contributed by atoms with E-state index in [4.69, 9.17) is 9.97 Å². The van der Waals surface area contributed by atoms with Crippen LogP contribution in [0.4, 0.5) is 0 Å². The molecule has 0 N–H and O–H groups in total. The molecule has 2 aromatic heterocycles. The van der Waals surface area contributed by atoms with E-state index in [0.717, 1.165) is 33.8 Å². The van der Waals surface area contributed by atoms with Crippen LogP contribution in [0, 0.1) is 0 Å². The predicted octanol–water partition coefficient (Wildman–Crippen LogP) is 12.0. The maximum Gasteiger partial charge on any atom is 0.160 e. The number of hydrogen-bond acceptors (Lipinski definition) is 2.